The van der Waals surface area contributed by atoms with E-state index in [0.29, 0.717) is 10.1 Å². The molecule has 0 aliphatic carbocycles. The molecule has 0 aliphatic rings. The molecular formula is C9H8ClN3S. The first kappa shape index (κ1) is 10.8. The molecule has 0 amide bonds. The number of thiocarbonyl (C=S) groups is 1. The maximum absolute atomic E-state index is 8.55. The van der Waals surface area contributed by atoms with Crippen LogP contribution in [0.15, 0.2) is 24.3 Å². The Kier molecular flexibility index (Phi) is 3.69. The third-order valence-corrected chi connectivity index (χ3v) is 2.18. The van der Waals surface area contributed by atoms with Crippen LogP contribution in [0.5, 0.6) is 0 Å². The molecule has 0 aliphatic heterocycles. The van der Waals surface area contributed by atoms with Gasteiger partial charge in [0.1, 0.15) is 0 Å². The molecule has 0 atom stereocenters. The van der Waals surface area contributed by atoms with Crippen molar-refractivity contribution in [3.63, 3.8) is 0 Å². The van der Waals surface area contributed by atoms with Crippen molar-refractivity contribution >= 4 is 34.6 Å². The van der Waals surface area contributed by atoms with Crippen molar-refractivity contribution in [2.45, 2.75) is 0 Å². The molecule has 1 rings (SSSR count). The van der Waals surface area contributed by atoms with E-state index < -0.39 is 0 Å². The molecule has 1 aromatic carbocycles. The monoisotopic (exact) mass is 225 g/mol. The van der Waals surface area contributed by atoms with E-state index in [2.05, 4.69) is 5.32 Å². The van der Waals surface area contributed by atoms with Crippen LogP contribution >= 0.6 is 23.8 Å². The molecule has 14 heavy (non-hydrogen) atoms. The number of nitriles is 1. The average Bonchev–Trinajstić information content (AvgIpc) is 2.20. The van der Waals surface area contributed by atoms with Crippen molar-refractivity contribution in [1.29, 1.82) is 5.26 Å². The summed E-state index contributed by atoms with van der Waals surface area (Å²) in [5.41, 5.74) is 0.807. The molecule has 0 unspecified atom stereocenters. The second-order valence-electron chi connectivity index (χ2n) is 2.60. The number of anilines is 1. The van der Waals surface area contributed by atoms with Gasteiger partial charge in [-0.3, -0.25) is 4.90 Å². The van der Waals surface area contributed by atoms with Crippen LogP contribution in [0.1, 0.15) is 0 Å². The van der Waals surface area contributed by atoms with Gasteiger partial charge in [0.05, 0.1) is 0 Å². The molecular weight excluding hydrogens is 218 g/mol. The highest BCUT2D eigenvalue weighted by molar-refractivity contribution is 7.80. The van der Waals surface area contributed by atoms with Gasteiger partial charge in [-0.2, -0.15) is 5.26 Å². The van der Waals surface area contributed by atoms with E-state index in [-0.39, 0.29) is 0 Å². The van der Waals surface area contributed by atoms with Crippen molar-refractivity contribution in [3.8, 4) is 6.19 Å². The van der Waals surface area contributed by atoms with Gasteiger partial charge < -0.3 is 5.32 Å². The van der Waals surface area contributed by atoms with Gasteiger partial charge in [-0.1, -0.05) is 11.6 Å². The molecule has 3 nitrogen and oxygen atoms in total. The molecule has 0 saturated carbocycles. The fourth-order valence-corrected chi connectivity index (χ4v) is 1.07. The summed E-state index contributed by atoms with van der Waals surface area (Å²) in [6, 6.07) is 7.08. The lowest BCUT2D eigenvalue weighted by atomic mass is 10.3. The molecule has 0 spiro atoms. The zero-order chi connectivity index (χ0) is 10.6. The third kappa shape index (κ3) is 2.87. The third-order valence-electron chi connectivity index (χ3n) is 1.55. The second kappa shape index (κ2) is 4.80. The average molecular weight is 226 g/mol. The van der Waals surface area contributed by atoms with E-state index >= 15 is 0 Å². The van der Waals surface area contributed by atoms with E-state index in [1.807, 2.05) is 6.19 Å². The minimum atomic E-state index is 0.356. The van der Waals surface area contributed by atoms with Crippen LogP contribution in [-0.2, 0) is 0 Å². The minimum Gasteiger partial charge on any atom is -0.332 e. The SMILES string of the molecule is CN(C#N)C(=S)Nc1ccc(Cl)cc1. The van der Waals surface area contributed by atoms with Crippen LogP contribution < -0.4 is 5.32 Å². The Morgan fingerprint density at radius 1 is 1.50 bits per heavy atom. The van der Waals surface area contributed by atoms with Crippen molar-refractivity contribution in [2.75, 3.05) is 12.4 Å². The van der Waals surface area contributed by atoms with Gasteiger partial charge in [0.15, 0.2) is 11.3 Å². The van der Waals surface area contributed by atoms with Crippen molar-refractivity contribution in [3.05, 3.63) is 29.3 Å². The van der Waals surface area contributed by atoms with Crippen molar-refractivity contribution in [2.24, 2.45) is 0 Å². The summed E-state index contributed by atoms with van der Waals surface area (Å²) in [6.07, 6.45) is 1.90. The highest BCUT2D eigenvalue weighted by Crippen LogP contribution is 2.13. The van der Waals surface area contributed by atoms with Gasteiger partial charge in [0.2, 0.25) is 0 Å². The molecule has 1 aromatic rings. The number of nitrogens with one attached hydrogen (secondary N) is 1. The predicted octanol–water partition coefficient (Wildman–Crippen LogP) is 2.45. The van der Waals surface area contributed by atoms with Gasteiger partial charge in [0, 0.05) is 17.8 Å². The molecule has 0 heterocycles. The van der Waals surface area contributed by atoms with Gasteiger partial charge in [-0.05, 0) is 36.5 Å². The van der Waals surface area contributed by atoms with Crippen LogP contribution in [0.2, 0.25) is 5.02 Å². The van der Waals surface area contributed by atoms with Gasteiger partial charge >= 0.3 is 0 Å². The zero-order valence-electron chi connectivity index (χ0n) is 7.49. The Balaban J connectivity index is 2.66. The maximum Gasteiger partial charge on any atom is 0.186 e. The Hall–Kier alpha value is -1.31. The van der Waals surface area contributed by atoms with Gasteiger partial charge in [-0.25, -0.2) is 0 Å². The number of rotatable bonds is 1. The van der Waals surface area contributed by atoms with Crippen LogP contribution in [0.25, 0.3) is 0 Å². The maximum atomic E-state index is 8.55. The molecule has 0 saturated heterocycles. The quantitative estimate of drug-likeness (QED) is 0.453. The summed E-state index contributed by atoms with van der Waals surface area (Å²) >= 11 is 10.7. The molecule has 0 bridgehead atoms. The lowest BCUT2D eigenvalue weighted by Crippen LogP contribution is -2.26. The van der Waals surface area contributed by atoms with E-state index in [1.165, 1.54) is 4.90 Å². The number of benzene rings is 1. The van der Waals surface area contributed by atoms with Gasteiger partial charge in [0.25, 0.3) is 0 Å². The molecule has 1 N–H and O–H groups in total. The first-order valence-electron chi connectivity index (χ1n) is 3.83. The smallest absolute Gasteiger partial charge is 0.186 e. The van der Waals surface area contributed by atoms with E-state index in [4.69, 9.17) is 29.1 Å². The Bertz CT molecular complexity index is 369. The summed E-state index contributed by atoms with van der Waals surface area (Å²) in [6.45, 7) is 0. The normalized spacial score (nSPS) is 8.93. The van der Waals surface area contributed by atoms with E-state index in [1.54, 1.807) is 31.3 Å². The first-order chi connectivity index (χ1) is 6.63. The lowest BCUT2D eigenvalue weighted by molar-refractivity contribution is 0.723. The summed E-state index contributed by atoms with van der Waals surface area (Å²) in [7, 11) is 1.59. The largest absolute Gasteiger partial charge is 0.332 e. The lowest BCUT2D eigenvalue weighted by Gasteiger charge is -2.12. The number of hydrogen-bond acceptors (Lipinski definition) is 2. The van der Waals surface area contributed by atoms with Crippen molar-refractivity contribution < 1.29 is 0 Å². The number of halogens is 1. The van der Waals surface area contributed by atoms with Gasteiger partial charge in [-0.15, -0.1) is 0 Å². The zero-order valence-corrected chi connectivity index (χ0v) is 9.06. The number of nitrogens with zero attached hydrogens (tertiary/aromatic N) is 2. The van der Waals surface area contributed by atoms with Crippen LogP contribution in [0, 0.1) is 11.5 Å². The molecule has 72 valence electrons. The molecule has 5 heteroatoms. The minimum absolute atomic E-state index is 0.356. The summed E-state index contributed by atoms with van der Waals surface area (Å²) in [5, 5.41) is 12.5. The Labute approximate surface area is 92.9 Å². The Morgan fingerprint density at radius 2 is 2.07 bits per heavy atom. The Morgan fingerprint density at radius 3 is 2.57 bits per heavy atom. The standard InChI is InChI=1S/C9H8ClN3S/c1-13(6-11)9(14)12-8-4-2-7(10)3-5-8/h2-5H,1H3,(H,12,14). The van der Waals surface area contributed by atoms with Crippen LogP contribution in [0.3, 0.4) is 0 Å². The van der Waals surface area contributed by atoms with Crippen LogP contribution in [0.4, 0.5) is 5.69 Å². The van der Waals surface area contributed by atoms with E-state index in [0.717, 1.165) is 5.69 Å². The molecule has 0 radical (unpaired) electrons. The van der Waals surface area contributed by atoms with Crippen LogP contribution in [-0.4, -0.2) is 17.1 Å². The molecule has 0 fully saturated rings. The highest BCUT2D eigenvalue weighted by Gasteiger charge is 2.02. The second-order valence-corrected chi connectivity index (χ2v) is 3.42. The fraction of sp³-hybridized carbons (Fsp3) is 0.111. The molecule has 0 aromatic heterocycles. The summed E-state index contributed by atoms with van der Waals surface area (Å²) < 4.78 is 0. The van der Waals surface area contributed by atoms with E-state index in [9.17, 15) is 0 Å². The highest BCUT2D eigenvalue weighted by atomic mass is 35.5. The first-order valence-corrected chi connectivity index (χ1v) is 4.62. The van der Waals surface area contributed by atoms with Crippen molar-refractivity contribution in [1.82, 2.24) is 4.90 Å². The summed E-state index contributed by atoms with van der Waals surface area (Å²) in [5.74, 6) is 0. The number of hydrogen-bond donors (Lipinski definition) is 1. The summed E-state index contributed by atoms with van der Waals surface area (Å²) in [4.78, 5) is 1.27. The predicted molar refractivity (Wildman–Crippen MR) is 61.0 cm³/mol. The fourth-order valence-electron chi connectivity index (χ4n) is 0.786. The topological polar surface area (TPSA) is 39.1 Å².